The first-order valence-corrected chi connectivity index (χ1v) is 13.8. The lowest BCUT2D eigenvalue weighted by Crippen LogP contribution is -2.30. The number of carbonyl (C=O) groups is 3. The standard InChI is InChI=1S/C32H30N4O3S/c1-22(2)24-16-14-23(15-17-24)19-28(35-31(38)25-9-4-3-5-10-25)32(39)34-26-11-8-12-27(20-26)40-21-30(37)36-29-13-6-7-18-33-29/h3-20,22H,21H2,1-2H3,(H,34,39)(H,35,38)(H,33,36,37)/b28-19+. The number of nitrogens with zero attached hydrogens (tertiary/aromatic N) is 1. The Morgan fingerprint density at radius 2 is 1.60 bits per heavy atom. The lowest BCUT2D eigenvalue weighted by Gasteiger charge is -2.13. The van der Waals surface area contributed by atoms with Gasteiger partial charge in [-0.2, -0.15) is 0 Å². The van der Waals surface area contributed by atoms with Crippen molar-refractivity contribution in [3.63, 3.8) is 0 Å². The van der Waals surface area contributed by atoms with Crippen LogP contribution in [0.1, 0.15) is 41.3 Å². The first-order valence-electron chi connectivity index (χ1n) is 12.8. The van der Waals surface area contributed by atoms with Crippen molar-refractivity contribution >= 4 is 47.1 Å². The number of amides is 3. The molecule has 0 aliphatic heterocycles. The average molecular weight is 551 g/mol. The van der Waals surface area contributed by atoms with Gasteiger partial charge in [-0.15, -0.1) is 11.8 Å². The Kier molecular flexibility index (Phi) is 9.85. The minimum Gasteiger partial charge on any atom is -0.321 e. The smallest absolute Gasteiger partial charge is 0.272 e. The monoisotopic (exact) mass is 550 g/mol. The molecule has 0 spiro atoms. The van der Waals surface area contributed by atoms with Crippen molar-refractivity contribution < 1.29 is 14.4 Å². The normalized spacial score (nSPS) is 11.1. The van der Waals surface area contributed by atoms with Crippen molar-refractivity contribution in [2.24, 2.45) is 0 Å². The fraction of sp³-hybridized carbons (Fsp3) is 0.125. The third-order valence-corrected chi connectivity index (χ3v) is 6.83. The molecule has 0 saturated carbocycles. The maximum atomic E-state index is 13.4. The zero-order valence-electron chi connectivity index (χ0n) is 22.3. The zero-order chi connectivity index (χ0) is 28.3. The van der Waals surface area contributed by atoms with E-state index < -0.39 is 5.91 Å². The molecule has 0 atom stereocenters. The Morgan fingerprint density at radius 1 is 0.850 bits per heavy atom. The molecule has 0 bridgehead atoms. The van der Waals surface area contributed by atoms with Crippen LogP contribution in [0, 0.1) is 0 Å². The van der Waals surface area contributed by atoms with E-state index >= 15 is 0 Å². The van der Waals surface area contributed by atoms with E-state index in [1.807, 2.05) is 36.4 Å². The van der Waals surface area contributed by atoms with Crippen LogP contribution >= 0.6 is 11.8 Å². The van der Waals surface area contributed by atoms with Crippen LogP contribution in [-0.2, 0) is 9.59 Å². The summed E-state index contributed by atoms with van der Waals surface area (Å²) in [6.07, 6.45) is 3.27. The quantitative estimate of drug-likeness (QED) is 0.158. The maximum absolute atomic E-state index is 13.4. The number of hydrogen-bond acceptors (Lipinski definition) is 5. The average Bonchev–Trinajstić information content (AvgIpc) is 2.97. The van der Waals surface area contributed by atoms with Gasteiger partial charge in [0.1, 0.15) is 11.5 Å². The molecular weight excluding hydrogens is 520 g/mol. The molecule has 3 amide bonds. The molecule has 3 aromatic carbocycles. The molecule has 0 unspecified atom stereocenters. The summed E-state index contributed by atoms with van der Waals surface area (Å²) in [5.41, 5.74) is 3.05. The molecule has 202 valence electrons. The van der Waals surface area contributed by atoms with Crippen molar-refractivity contribution in [1.29, 1.82) is 0 Å². The molecule has 0 radical (unpaired) electrons. The number of anilines is 2. The molecule has 40 heavy (non-hydrogen) atoms. The third-order valence-electron chi connectivity index (χ3n) is 5.84. The predicted molar refractivity (Wildman–Crippen MR) is 161 cm³/mol. The SMILES string of the molecule is CC(C)c1ccc(/C=C(/NC(=O)c2ccccc2)C(=O)Nc2cccc(SCC(=O)Nc3ccccn3)c2)cc1. The molecule has 1 heterocycles. The lowest BCUT2D eigenvalue weighted by atomic mass is 10.0. The number of hydrogen-bond donors (Lipinski definition) is 3. The summed E-state index contributed by atoms with van der Waals surface area (Å²) in [6.45, 7) is 4.23. The van der Waals surface area contributed by atoms with Crippen molar-refractivity contribution in [3.8, 4) is 0 Å². The van der Waals surface area contributed by atoms with Gasteiger partial charge >= 0.3 is 0 Å². The fourth-order valence-electron chi connectivity index (χ4n) is 3.71. The summed E-state index contributed by atoms with van der Waals surface area (Å²) in [6, 6.07) is 29.1. The largest absolute Gasteiger partial charge is 0.321 e. The van der Waals surface area contributed by atoms with E-state index in [0.717, 1.165) is 10.5 Å². The zero-order valence-corrected chi connectivity index (χ0v) is 23.1. The molecule has 0 aliphatic rings. The highest BCUT2D eigenvalue weighted by Gasteiger charge is 2.16. The van der Waals surface area contributed by atoms with Crippen LogP contribution in [0.5, 0.6) is 0 Å². The van der Waals surface area contributed by atoms with Gasteiger partial charge in [-0.25, -0.2) is 4.98 Å². The summed E-state index contributed by atoms with van der Waals surface area (Å²) in [4.78, 5) is 43.5. The van der Waals surface area contributed by atoms with Gasteiger partial charge in [-0.3, -0.25) is 14.4 Å². The topological polar surface area (TPSA) is 100 Å². The van der Waals surface area contributed by atoms with E-state index in [-0.39, 0.29) is 23.3 Å². The number of thioether (sulfide) groups is 1. The van der Waals surface area contributed by atoms with Gasteiger partial charge in [0, 0.05) is 22.3 Å². The highest BCUT2D eigenvalue weighted by Crippen LogP contribution is 2.23. The number of nitrogens with one attached hydrogen (secondary N) is 3. The Balaban J connectivity index is 1.47. The predicted octanol–water partition coefficient (Wildman–Crippen LogP) is 6.35. The first-order chi connectivity index (χ1) is 19.4. The number of aromatic nitrogens is 1. The number of pyridine rings is 1. The maximum Gasteiger partial charge on any atom is 0.272 e. The van der Waals surface area contributed by atoms with E-state index in [4.69, 9.17) is 0 Å². The summed E-state index contributed by atoms with van der Waals surface area (Å²) in [7, 11) is 0. The van der Waals surface area contributed by atoms with Crippen LogP contribution < -0.4 is 16.0 Å². The number of rotatable bonds is 10. The van der Waals surface area contributed by atoms with E-state index in [9.17, 15) is 14.4 Å². The minimum absolute atomic E-state index is 0.110. The van der Waals surface area contributed by atoms with Gasteiger partial charge in [0.2, 0.25) is 5.91 Å². The van der Waals surface area contributed by atoms with Crippen LogP contribution in [0.4, 0.5) is 11.5 Å². The molecule has 0 saturated heterocycles. The molecule has 0 aliphatic carbocycles. The van der Waals surface area contributed by atoms with Crippen LogP contribution in [0.2, 0.25) is 0 Å². The van der Waals surface area contributed by atoms with Crippen molar-refractivity contribution in [3.05, 3.63) is 126 Å². The molecule has 1 aromatic heterocycles. The van der Waals surface area contributed by atoms with Gasteiger partial charge in [-0.05, 0) is 65.6 Å². The Hall–Kier alpha value is -4.69. The van der Waals surface area contributed by atoms with Gasteiger partial charge in [0.05, 0.1) is 5.75 Å². The van der Waals surface area contributed by atoms with Crippen molar-refractivity contribution in [2.75, 3.05) is 16.4 Å². The molecule has 7 nitrogen and oxygen atoms in total. The summed E-state index contributed by atoms with van der Waals surface area (Å²) >= 11 is 1.34. The Morgan fingerprint density at radius 3 is 2.30 bits per heavy atom. The number of benzene rings is 3. The summed E-state index contributed by atoms with van der Waals surface area (Å²) in [5.74, 6) is 0.0138. The van der Waals surface area contributed by atoms with E-state index in [0.29, 0.717) is 23.0 Å². The van der Waals surface area contributed by atoms with E-state index in [1.54, 1.807) is 72.9 Å². The van der Waals surface area contributed by atoms with Gasteiger partial charge in [0.15, 0.2) is 0 Å². The molecule has 4 aromatic rings. The van der Waals surface area contributed by atoms with Crippen molar-refractivity contribution in [2.45, 2.75) is 24.7 Å². The van der Waals surface area contributed by atoms with Crippen LogP contribution in [0.25, 0.3) is 6.08 Å². The van der Waals surface area contributed by atoms with E-state index in [2.05, 4.69) is 34.8 Å². The molecule has 3 N–H and O–H groups in total. The molecule has 0 fully saturated rings. The van der Waals surface area contributed by atoms with E-state index in [1.165, 1.54) is 17.3 Å². The fourth-order valence-corrected chi connectivity index (χ4v) is 4.47. The second-order valence-electron chi connectivity index (χ2n) is 9.23. The Bertz CT molecular complexity index is 1490. The first kappa shape index (κ1) is 28.3. The molecule has 4 rings (SSSR count). The van der Waals surface area contributed by atoms with Gasteiger partial charge < -0.3 is 16.0 Å². The molecule has 8 heteroatoms. The number of carbonyl (C=O) groups excluding carboxylic acids is 3. The van der Waals surface area contributed by atoms with Gasteiger partial charge in [0.25, 0.3) is 11.8 Å². The second-order valence-corrected chi connectivity index (χ2v) is 10.3. The van der Waals surface area contributed by atoms with Crippen LogP contribution in [0.15, 0.2) is 114 Å². The Labute approximate surface area is 238 Å². The van der Waals surface area contributed by atoms with Gasteiger partial charge in [-0.1, -0.05) is 68.4 Å². The highest BCUT2D eigenvalue weighted by atomic mass is 32.2. The highest BCUT2D eigenvalue weighted by molar-refractivity contribution is 8.00. The summed E-state index contributed by atoms with van der Waals surface area (Å²) < 4.78 is 0. The minimum atomic E-state index is -0.465. The third kappa shape index (κ3) is 8.41. The second kappa shape index (κ2) is 13.9. The lowest BCUT2D eigenvalue weighted by molar-refractivity contribution is -0.114. The summed E-state index contributed by atoms with van der Waals surface area (Å²) in [5, 5.41) is 8.38. The van der Waals surface area contributed by atoms with Crippen LogP contribution in [-0.4, -0.2) is 28.5 Å². The van der Waals surface area contributed by atoms with Crippen molar-refractivity contribution in [1.82, 2.24) is 10.3 Å². The molecular formula is C32H30N4O3S. The van der Waals surface area contributed by atoms with Crippen LogP contribution in [0.3, 0.4) is 0 Å².